The van der Waals surface area contributed by atoms with E-state index in [9.17, 15) is 19.8 Å². The molecule has 0 aromatic rings. The third-order valence-electron chi connectivity index (χ3n) is 13.7. The second kappa shape index (κ2) is 55.9. The first kappa shape index (κ1) is 64.3. The Morgan fingerprint density at radius 3 is 1.08 bits per heavy atom. The Morgan fingerprint density at radius 2 is 0.712 bits per heavy atom. The van der Waals surface area contributed by atoms with Crippen molar-refractivity contribution in [3.05, 3.63) is 24.3 Å². The average molecular weight is 931 g/mol. The molecule has 1 amide bonds. The molecule has 0 radical (unpaired) electrons. The van der Waals surface area contributed by atoms with Gasteiger partial charge >= 0.3 is 5.97 Å². The summed E-state index contributed by atoms with van der Waals surface area (Å²) in [6.07, 6.45) is 67.9. The van der Waals surface area contributed by atoms with Gasteiger partial charge in [0.25, 0.3) is 0 Å². The number of carbonyl (C=O) groups is 2. The van der Waals surface area contributed by atoms with Crippen LogP contribution >= 0.6 is 0 Å². The van der Waals surface area contributed by atoms with Crippen molar-refractivity contribution in [3.63, 3.8) is 0 Å². The van der Waals surface area contributed by atoms with Gasteiger partial charge in [-0.05, 0) is 57.8 Å². The molecule has 0 saturated heterocycles. The Morgan fingerprint density at radius 1 is 0.409 bits per heavy atom. The number of nitrogens with one attached hydrogen (secondary N) is 1. The largest absolute Gasteiger partial charge is 0.466 e. The van der Waals surface area contributed by atoms with Gasteiger partial charge in [-0.1, -0.05) is 276 Å². The molecule has 0 bridgehead atoms. The summed E-state index contributed by atoms with van der Waals surface area (Å²) in [4.78, 5) is 24.5. The quantitative estimate of drug-likeness (QED) is 0.0321. The lowest BCUT2D eigenvalue weighted by Crippen LogP contribution is -2.45. The predicted octanol–water partition coefficient (Wildman–Crippen LogP) is 18.2. The molecule has 0 saturated carbocycles. The van der Waals surface area contributed by atoms with Gasteiger partial charge in [0.1, 0.15) is 0 Å². The fourth-order valence-electron chi connectivity index (χ4n) is 9.16. The highest BCUT2D eigenvalue weighted by molar-refractivity contribution is 5.76. The second-order valence-electron chi connectivity index (χ2n) is 20.3. The van der Waals surface area contributed by atoms with Crippen molar-refractivity contribution in [2.45, 2.75) is 334 Å². The number of aliphatic hydroxyl groups is 2. The lowest BCUT2D eigenvalue weighted by atomic mass is 10.0. The van der Waals surface area contributed by atoms with Gasteiger partial charge in [0.05, 0.1) is 25.4 Å². The molecule has 390 valence electrons. The second-order valence-corrected chi connectivity index (χ2v) is 20.3. The lowest BCUT2D eigenvalue weighted by Gasteiger charge is -2.20. The van der Waals surface area contributed by atoms with Gasteiger partial charge in [0.2, 0.25) is 5.91 Å². The van der Waals surface area contributed by atoms with E-state index in [0.29, 0.717) is 19.4 Å². The highest BCUT2D eigenvalue weighted by Gasteiger charge is 2.18. The van der Waals surface area contributed by atoms with E-state index >= 15 is 0 Å². The topological polar surface area (TPSA) is 95.9 Å². The van der Waals surface area contributed by atoms with Gasteiger partial charge in [-0.3, -0.25) is 9.59 Å². The molecule has 2 unspecified atom stereocenters. The molecule has 0 rings (SSSR count). The van der Waals surface area contributed by atoms with Crippen molar-refractivity contribution in [3.8, 4) is 0 Å². The van der Waals surface area contributed by atoms with Crippen molar-refractivity contribution >= 4 is 11.9 Å². The third-order valence-corrected chi connectivity index (χ3v) is 13.7. The monoisotopic (exact) mass is 930 g/mol. The van der Waals surface area contributed by atoms with Crippen LogP contribution in [0, 0.1) is 0 Å². The van der Waals surface area contributed by atoms with Gasteiger partial charge in [-0.15, -0.1) is 0 Å². The fraction of sp³-hybridized carbons (Fsp3) is 0.900. The van der Waals surface area contributed by atoms with Crippen LogP contribution in [0.25, 0.3) is 0 Å². The number of hydrogen-bond acceptors (Lipinski definition) is 5. The summed E-state index contributed by atoms with van der Waals surface area (Å²) < 4.78 is 5.50. The molecule has 0 heterocycles. The maximum Gasteiger partial charge on any atom is 0.305 e. The molecule has 6 heteroatoms. The molecule has 0 aliphatic carbocycles. The summed E-state index contributed by atoms with van der Waals surface area (Å²) >= 11 is 0. The average Bonchev–Trinajstić information content (AvgIpc) is 3.32. The Labute approximate surface area is 411 Å². The van der Waals surface area contributed by atoms with Crippen LogP contribution in [-0.2, 0) is 14.3 Å². The van der Waals surface area contributed by atoms with Crippen molar-refractivity contribution < 1.29 is 24.5 Å². The number of hydrogen-bond donors (Lipinski definition) is 3. The number of allylic oxidation sites excluding steroid dienone is 3. The van der Waals surface area contributed by atoms with E-state index in [1.165, 1.54) is 250 Å². The number of esters is 1. The van der Waals surface area contributed by atoms with Crippen LogP contribution in [-0.4, -0.2) is 47.4 Å². The van der Waals surface area contributed by atoms with E-state index in [1.54, 1.807) is 6.08 Å². The zero-order chi connectivity index (χ0) is 47.9. The van der Waals surface area contributed by atoms with Gasteiger partial charge < -0.3 is 20.3 Å². The first-order valence-electron chi connectivity index (χ1n) is 29.6. The molecule has 0 aliphatic heterocycles. The van der Waals surface area contributed by atoms with Gasteiger partial charge in [0, 0.05) is 12.8 Å². The van der Waals surface area contributed by atoms with Crippen LogP contribution in [0.2, 0.25) is 0 Å². The molecular formula is C60H115NO5. The van der Waals surface area contributed by atoms with Crippen molar-refractivity contribution in [1.29, 1.82) is 0 Å². The van der Waals surface area contributed by atoms with Crippen LogP contribution in [0.15, 0.2) is 24.3 Å². The van der Waals surface area contributed by atoms with E-state index in [0.717, 1.165) is 44.9 Å². The third kappa shape index (κ3) is 51.7. The van der Waals surface area contributed by atoms with Crippen LogP contribution in [0.5, 0.6) is 0 Å². The predicted molar refractivity (Wildman–Crippen MR) is 287 cm³/mol. The number of rotatable bonds is 55. The highest BCUT2D eigenvalue weighted by Crippen LogP contribution is 2.17. The number of carbonyl (C=O) groups excluding carboxylic acids is 2. The van der Waals surface area contributed by atoms with Crippen molar-refractivity contribution in [1.82, 2.24) is 5.32 Å². The van der Waals surface area contributed by atoms with Crippen molar-refractivity contribution in [2.24, 2.45) is 0 Å². The van der Waals surface area contributed by atoms with Gasteiger partial charge in [-0.25, -0.2) is 0 Å². The maximum absolute atomic E-state index is 12.4. The maximum atomic E-state index is 12.4. The molecule has 2 atom stereocenters. The summed E-state index contributed by atoms with van der Waals surface area (Å²) in [7, 11) is 0. The Kier molecular flexibility index (Phi) is 54.5. The normalized spacial score (nSPS) is 12.7. The SMILES string of the molecule is CCCCCCCCC/C=C/C(O)C(CO)NC(=O)CCCCCCCCC/C=C\CCCCCCCCCCCCOC(=O)CCCCCCCCCCCCCCCCCCCCC. The van der Waals surface area contributed by atoms with E-state index < -0.39 is 12.1 Å². The number of unbranched alkanes of at least 4 members (excludes halogenated alkanes) is 42. The Bertz CT molecular complexity index is 1030. The zero-order valence-electron chi connectivity index (χ0n) is 44.4. The summed E-state index contributed by atoms with van der Waals surface area (Å²) in [5.74, 6) is -0.0657. The van der Waals surface area contributed by atoms with Crippen LogP contribution in [0.4, 0.5) is 0 Å². The van der Waals surface area contributed by atoms with E-state index in [-0.39, 0.29) is 18.5 Å². The first-order chi connectivity index (χ1) is 32.5. The lowest BCUT2D eigenvalue weighted by molar-refractivity contribution is -0.143. The number of amides is 1. The summed E-state index contributed by atoms with van der Waals surface area (Å²) in [6.45, 7) is 4.88. The highest BCUT2D eigenvalue weighted by atomic mass is 16.5. The van der Waals surface area contributed by atoms with Crippen molar-refractivity contribution in [2.75, 3.05) is 13.2 Å². The minimum Gasteiger partial charge on any atom is -0.466 e. The number of ether oxygens (including phenoxy) is 1. The summed E-state index contributed by atoms with van der Waals surface area (Å²) in [6, 6.07) is -0.631. The van der Waals surface area contributed by atoms with E-state index in [2.05, 4.69) is 31.3 Å². The standard InChI is InChI=1S/C60H115NO5/c1-3-5-7-9-11-13-14-15-16-17-21-25-28-31-34-38-42-46-50-54-60(65)66-55-51-47-43-39-35-32-29-26-23-20-18-19-22-24-27-30-33-37-41-45-49-53-59(64)61-57(56-62)58(63)52-48-44-40-36-12-10-8-6-4-2/h19,22,48,52,57-58,62-63H,3-18,20-21,23-47,49-51,53-56H2,1-2H3,(H,61,64)/b22-19-,52-48+. The molecule has 3 N–H and O–H groups in total. The smallest absolute Gasteiger partial charge is 0.305 e. The molecule has 0 aliphatic rings. The van der Waals surface area contributed by atoms with E-state index in [1.807, 2.05) is 6.08 Å². The minimum atomic E-state index is -0.846. The van der Waals surface area contributed by atoms with Crippen LogP contribution in [0.3, 0.4) is 0 Å². The van der Waals surface area contributed by atoms with Gasteiger partial charge in [0.15, 0.2) is 0 Å². The molecule has 6 nitrogen and oxygen atoms in total. The molecule has 66 heavy (non-hydrogen) atoms. The molecule has 0 fully saturated rings. The van der Waals surface area contributed by atoms with Crippen LogP contribution in [0.1, 0.15) is 322 Å². The number of aliphatic hydroxyl groups excluding tert-OH is 2. The molecule has 0 aromatic carbocycles. The molecule has 0 aromatic heterocycles. The Hall–Kier alpha value is -1.66. The van der Waals surface area contributed by atoms with Gasteiger partial charge in [-0.2, -0.15) is 0 Å². The molecule has 0 spiro atoms. The summed E-state index contributed by atoms with van der Waals surface area (Å²) in [5, 5.41) is 22.9. The summed E-state index contributed by atoms with van der Waals surface area (Å²) in [5.41, 5.74) is 0. The van der Waals surface area contributed by atoms with Crippen LogP contribution < -0.4 is 5.32 Å². The zero-order valence-corrected chi connectivity index (χ0v) is 44.4. The minimum absolute atomic E-state index is 0.0122. The molecular weight excluding hydrogens is 815 g/mol. The first-order valence-corrected chi connectivity index (χ1v) is 29.6. The fourth-order valence-corrected chi connectivity index (χ4v) is 9.16. The van der Waals surface area contributed by atoms with E-state index in [4.69, 9.17) is 4.74 Å². The Balaban J connectivity index is 3.38.